The van der Waals surface area contributed by atoms with Gasteiger partial charge in [0, 0.05) is 19.3 Å². The molecule has 0 aliphatic carbocycles. The highest BCUT2D eigenvalue weighted by atomic mass is 16.5. The number of rotatable bonds is 3. The molecule has 3 rings (SSSR count). The summed E-state index contributed by atoms with van der Waals surface area (Å²) in [4.78, 5) is 19.2. The molecule has 1 amide bonds. The first kappa shape index (κ1) is 13.0. The summed E-state index contributed by atoms with van der Waals surface area (Å²) in [5.74, 6) is 0.780. The number of hydrogen-bond acceptors (Lipinski definition) is 3. The first-order valence-electron chi connectivity index (χ1n) is 7.09. The van der Waals surface area contributed by atoms with Crippen molar-refractivity contribution in [2.24, 2.45) is 0 Å². The summed E-state index contributed by atoms with van der Waals surface area (Å²) in [5, 5.41) is 0. The number of aromatic nitrogens is 2. The summed E-state index contributed by atoms with van der Waals surface area (Å²) in [6.45, 7) is 3.72. The van der Waals surface area contributed by atoms with Gasteiger partial charge in [0.15, 0.2) is 11.4 Å². The van der Waals surface area contributed by atoms with Crippen molar-refractivity contribution in [2.75, 3.05) is 20.2 Å². The molecule has 0 radical (unpaired) electrons. The van der Waals surface area contributed by atoms with Crippen LogP contribution in [0, 0.1) is 0 Å². The molecule has 1 fully saturated rings. The number of carbonyl (C=O) groups excluding carboxylic acids is 1. The van der Waals surface area contributed by atoms with E-state index in [1.54, 1.807) is 7.11 Å². The molecule has 0 bridgehead atoms. The van der Waals surface area contributed by atoms with E-state index in [9.17, 15) is 4.79 Å². The van der Waals surface area contributed by atoms with Gasteiger partial charge in [-0.3, -0.25) is 9.20 Å². The third-order valence-electron chi connectivity index (χ3n) is 3.84. The lowest BCUT2D eigenvalue weighted by Crippen LogP contribution is -2.29. The van der Waals surface area contributed by atoms with Gasteiger partial charge in [0.2, 0.25) is 0 Å². The molecule has 1 aliphatic rings. The predicted molar refractivity (Wildman–Crippen MR) is 76.3 cm³/mol. The number of carbonyl (C=O) groups is 1. The van der Waals surface area contributed by atoms with Crippen molar-refractivity contribution in [2.45, 2.75) is 26.2 Å². The molecule has 1 aliphatic heterocycles. The highest BCUT2D eigenvalue weighted by molar-refractivity contribution is 5.95. The van der Waals surface area contributed by atoms with Gasteiger partial charge in [-0.2, -0.15) is 0 Å². The van der Waals surface area contributed by atoms with Crippen LogP contribution in [-0.4, -0.2) is 40.4 Å². The van der Waals surface area contributed by atoms with E-state index in [0.29, 0.717) is 11.4 Å². The Balaban J connectivity index is 2.15. The molecule has 0 atom stereocenters. The van der Waals surface area contributed by atoms with Crippen molar-refractivity contribution in [3.05, 3.63) is 29.7 Å². The number of hydrogen-bond donors (Lipinski definition) is 0. The van der Waals surface area contributed by atoms with Crippen LogP contribution in [0.2, 0.25) is 0 Å². The van der Waals surface area contributed by atoms with Crippen LogP contribution < -0.4 is 4.74 Å². The topological polar surface area (TPSA) is 46.8 Å². The molecular weight excluding hydrogens is 254 g/mol. The highest BCUT2D eigenvalue weighted by Crippen LogP contribution is 2.24. The Morgan fingerprint density at radius 1 is 1.40 bits per heavy atom. The number of imidazole rings is 1. The van der Waals surface area contributed by atoms with Gasteiger partial charge in [0.1, 0.15) is 5.69 Å². The van der Waals surface area contributed by atoms with Crippen molar-refractivity contribution in [3.63, 3.8) is 0 Å². The van der Waals surface area contributed by atoms with Crippen LogP contribution in [-0.2, 0) is 6.42 Å². The lowest BCUT2D eigenvalue weighted by atomic mass is 10.2. The number of aryl methyl sites for hydroxylation is 1. The molecule has 3 heterocycles. The Kier molecular flexibility index (Phi) is 3.34. The minimum absolute atomic E-state index is 0.0834. The van der Waals surface area contributed by atoms with Gasteiger partial charge < -0.3 is 9.64 Å². The van der Waals surface area contributed by atoms with Crippen LogP contribution in [0.15, 0.2) is 18.3 Å². The molecule has 2 aromatic rings. The Hall–Kier alpha value is -2.04. The number of fused-ring (bicyclic) bond motifs is 1. The van der Waals surface area contributed by atoms with Crippen LogP contribution >= 0.6 is 0 Å². The van der Waals surface area contributed by atoms with Crippen molar-refractivity contribution >= 4 is 11.6 Å². The molecule has 106 valence electrons. The minimum Gasteiger partial charge on any atom is -0.493 e. The lowest BCUT2D eigenvalue weighted by molar-refractivity contribution is 0.0785. The van der Waals surface area contributed by atoms with Crippen molar-refractivity contribution in [1.82, 2.24) is 14.3 Å². The molecule has 2 aromatic heterocycles. The third-order valence-corrected chi connectivity index (χ3v) is 3.84. The number of nitrogens with zero attached hydrogens (tertiary/aromatic N) is 3. The average molecular weight is 273 g/mol. The van der Waals surface area contributed by atoms with Gasteiger partial charge in [-0.25, -0.2) is 4.98 Å². The van der Waals surface area contributed by atoms with Crippen LogP contribution in [0.5, 0.6) is 5.75 Å². The number of pyridine rings is 1. The van der Waals surface area contributed by atoms with Crippen LogP contribution in [0.25, 0.3) is 5.65 Å². The van der Waals surface area contributed by atoms with Gasteiger partial charge >= 0.3 is 0 Å². The Morgan fingerprint density at radius 2 is 2.15 bits per heavy atom. The fourth-order valence-corrected chi connectivity index (χ4v) is 2.79. The van der Waals surface area contributed by atoms with E-state index in [4.69, 9.17) is 4.74 Å². The van der Waals surface area contributed by atoms with Gasteiger partial charge in [0.25, 0.3) is 5.91 Å². The zero-order valence-corrected chi connectivity index (χ0v) is 11.9. The molecule has 5 nitrogen and oxygen atoms in total. The van der Waals surface area contributed by atoms with Crippen LogP contribution in [0.3, 0.4) is 0 Å². The van der Waals surface area contributed by atoms with E-state index in [1.165, 1.54) is 0 Å². The van der Waals surface area contributed by atoms with E-state index in [0.717, 1.165) is 43.7 Å². The van der Waals surface area contributed by atoms with E-state index in [1.807, 2.05) is 34.6 Å². The second-order valence-electron chi connectivity index (χ2n) is 5.03. The van der Waals surface area contributed by atoms with Gasteiger partial charge in [-0.15, -0.1) is 0 Å². The number of ether oxygens (including phenoxy) is 1. The van der Waals surface area contributed by atoms with Gasteiger partial charge in [-0.05, 0) is 31.4 Å². The minimum atomic E-state index is 0.0834. The van der Waals surface area contributed by atoms with Crippen molar-refractivity contribution in [3.8, 4) is 5.75 Å². The largest absolute Gasteiger partial charge is 0.493 e. The molecule has 0 saturated carbocycles. The maximum Gasteiger partial charge on any atom is 0.272 e. The molecule has 1 saturated heterocycles. The van der Waals surface area contributed by atoms with Crippen LogP contribution in [0.4, 0.5) is 0 Å². The first-order valence-corrected chi connectivity index (χ1v) is 7.09. The Bertz CT molecular complexity index is 642. The van der Waals surface area contributed by atoms with Gasteiger partial charge in [0.05, 0.1) is 12.8 Å². The molecule has 0 spiro atoms. The summed E-state index contributed by atoms with van der Waals surface area (Å²) >= 11 is 0. The summed E-state index contributed by atoms with van der Waals surface area (Å²) in [5.41, 5.74) is 2.24. The third kappa shape index (κ3) is 1.94. The Morgan fingerprint density at radius 3 is 2.80 bits per heavy atom. The zero-order valence-electron chi connectivity index (χ0n) is 11.9. The van der Waals surface area contributed by atoms with Crippen molar-refractivity contribution in [1.29, 1.82) is 0 Å². The molecular formula is C15H19N3O2. The molecule has 0 unspecified atom stereocenters. The zero-order chi connectivity index (χ0) is 14.1. The van der Waals surface area contributed by atoms with Gasteiger partial charge in [-0.1, -0.05) is 6.92 Å². The summed E-state index contributed by atoms with van der Waals surface area (Å²) in [6.07, 6.45) is 4.80. The summed E-state index contributed by atoms with van der Waals surface area (Å²) in [7, 11) is 1.62. The first-order chi connectivity index (χ1) is 9.76. The van der Waals surface area contributed by atoms with E-state index in [-0.39, 0.29) is 5.91 Å². The van der Waals surface area contributed by atoms with Crippen molar-refractivity contribution < 1.29 is 9.53 Å². The smallest absolute Gasteiger partial charge is 0.272 e. The summed E-state index contributed by atoms with van der Waals surface area (Å²) in [6, 6.07) is 3.75. The fraction of sp³-hybridized carbons (Fsp3) is 0.467. The maximum atomic E-state index is 12.7. The number of methoxy groups -OCH3 is 1. The molecule has 5 heteroatoms. The second kappa shape index (κ2) is 5.15. The quantitative estimate of drug-likeness (QED) is 0.860. The molecule has 0 aromatic carbocycles. The highest BCUT2D eigenvalue weighted by Gasteiger charge is 2.26. The molecule has 0 N–H and O–H groups in total. The monoisotopic (exact) mass is 273 g/mol. The summed E-state index contributed by atoms with van der Waals surface area (Å²) < 4.78 is 7.20. The SMILES string of the molecule is CCc1nc2c(OC)cccn2c1C(=O)N1CCCC1. The predicted octanol–water partition coefficient (Wildman–Crippen LogP) is 2.14. The van der Waals surface area contributed by atoms with E-state index >= 15 is 0 Å². The Labute approximate surface area is 118 Å². The second-order valence-corrected chi connectivity index (χ2v) is 5.03. The van der Waals surface area contributed by atoms with E-state index in [2.05, 4.69) is 4.98 Å². The normalized spacial score (nSPS) is 15.0. The standard InChI is InChI=1S/C15H19N3O2/c1-3-11-13(15(19)17-8-4-5-9-17)18-10-6-7-12(20-2)14(18)16-11/h6-7,10H,3-5,8-9H2,1-2H3. The molecule has 20 heavy (non-hydrogen) atoms. The van der Waals surface area contributed by atoms with Crippen LogP contribution in [0.1, 0.15) is 35.9 Å². The number of likely N-dealkylation sites (tertiary alicyclic amines) is 1. The average Bonchev–Trinajstić information content (AvgIpc) is 3.12. The van der Waals surface area contributed by atoms with E-state index < -0.39 is 0 Å². The maximum absolute atomic E-state index is 12.7. The number of amides is 1. The lowest BCUT2D eigenvalue weighted by Gasteiger charge is -2.15. The fourth-order valence-electron chi connectivity index (χ4n) is 2.79.